The number of rotatable bonds is 2. The summed E-state index contributed by atoms with van der Waals surface area (Å²) in [6, 6.07) is 5.69. The molecule has 0 atom stereocenters. The molecule has 0 saturated heterocycles. The van der Waals surface area contributed by atoms with E-state index in [-0.39, 0.29) is 0 Å². The average molecular weight is 278 g/mol. The highest BCUT2D eigenvalue weighted by Crippen LogP contribution is 2.31. The van der Waals surface area contributed by atoms with Gasteiger partial charge in [-0.2, -0.15) is 5.10 Å². The molecule has 0 bridgehead atoms. The Morgan fingerprint density at radius 3 is 2.86 bits per heavy atom. The maximum Gasteiger partial charge on any atom is 0.228 e. The smallest absolute Gasteiger partial charge is 0.228 e. The molecule has 0 fully saturated rings. The molecule has 0 spiro atoms. The molecule has 4 rings (SSSR count). The molecule has 3 heterocycles. The summed E-state index contributed by atoms with van der Waals surface area (Å²) in [5, 5.41) is 7.47. The molecule has 1 N–H and O–H groups in total. The number of hydrogen-bond donors (Lipinski definition) is 1. The normalized spacial score (nSPS) is 12.6. The molecule has 0 saturated carbocycles. The lowest BCUT2D eigenvalue weighted by molar-refractivity contribution is 0.766. The van der Waals surface area contributed by atoms with Gasteiger partial charge in [-0.15, -0.1) is 0 Å². The van der Waals surface area contributed by atoms with E-state index in [9.17, 15) is 0 Å². The fraction of sp³-hybridized carbons (Fsp3) is 0.200. The van der Waals surface area contributed by atoms with Crippen LogP contribution in [0.3, 0.4) is 0 Å². The lowest BCUT2D eigenvalue weighted by Crippen LogP contribution is -2.10. The van der Waals surface area contributed by atoms with Crippen molar-refractivity contribution in [1.82, 2.24) is 24.7 Å². The molecule has 3 aromatic heterocycles. The largest absolute Gasteiger partial charge is 0.309 e. The minimum absolute atomic E-state index is 0.557. The quantitative estimate of drug-likeness (QED) is 0.777. The van der Waals surface area contributed by atoms with Crippen LogP contribution in [0.4, 0.5) is 11.8 Å². The monoisotopic (exact) mass is 278 g/mol. The standard InChI is InChI=1S/C15H14N6/c1-21-14-11(9-18-21)6-5-10-8-17-15(20-13(10)14)19-12-4-2-3-7-16-12/h2-4,7-9H,5-6H2,1H3,(H,16,17,19,20). The van der Waals surface area contributed by atoms with Crippen LogP contribution in [0.1, 0.15) is 11.1 Å². The van der Waals surface area contributed by atoms with Gasteiger partial charge in [0.15, 0.2) is 0 Å². The summed E-state index contributed by atoms with van der Waals surface area (Å²) in [6.45, 7) is 0. The highest BCUT2D eigenvalue weighted by molar-refractivity contribution is 5.67. The number of nitrogens with zero attached hydrogens (tertiary/aromatic N) is 5. The van der Waals surface area contributed by atoms with E-state index < -0.39 is 0 Å². The first kappa shape index (κ1) is 12.0. The van der Waals surface area contributed by atoms with E-state index in [1.807, 2.05) is 42.3 Å². The van der Waals surface area contributed by atoms with E-state index in [2.05, 4.69) is 25.4 Å². The van der Waals surface area contributed by atoms with Crippen LogP contribution in [-0.2, 0) is 19.9 Å². The van der Waals surface area contributed by atoms with Gasteiger partial charge >= 0.3 is 0 Å². The van der Waals surface area contributed by atoms with E-state index >= 15 is 0 Å². The van der Waals surface area contributed by atoms with Gasteiger partial charge in [0.2, 0.25) is 5.95 Å². The zero-order valence-electron chi connectivity index (χ0n) is 11.6. The molecule has 6 nitrogen and oxygen atoms in total. The SMILES string of the molecule is Cn1ncc2c1-c1nc(Nc3ccccn3)ncc1CC2. The van der Waals surface area contributed by atoms with Gasteiger partial charge < -0.3 is 5.32 Å². The number of fused-ring (bicyclic) bond motifs is 3. The molecular formula is C15H14N6. The third-order valence-electron chi connectivity index (χ3n) is 3.67. The second-order valence-electron chi connectivity index (χ2n) is 5.05. The summed E-state index contributed by atoms with van der Waals surface area (Å²) in [6.07, 6.45) is 7.50. The number of aryl methyl sites for hydroxylation is 3. The van der Waals surface area contributed by atoms with Crippen LogP contribution >= 0.6 is 0 Å². The summed E-state index contributed by atoms with van der Waals surface area (Å²) in [7, 11) is 1.95. The first-order valence-electron chi connectivity index (χ1n) is 6.86. The summed E-state index contributed by atoms with van der Waals surface area (Å²) in [4.78, 5) is 13.3. The number of pyridine rings is 1. The van der Waals surface area contributed by atoms with Crippen LogP contribution in [0.15, 0.2) is 36.8 Å². The van der Waals surface area contributed by atoms with Crippen molar-refractivity contribution in [2.45, 2.75) is 12.8 Å². The Labute approximate surface area is 121 Å². The zero-order chi connectivity index (χ0) is 14.2. The van der Waals surface area contributed by atoms with Crippen LogP contribution in [-0.4, -0.2) is 24.7 Å². The summed E-state index contributed by atoms with van der Waals surface area (Å²) < 4.78 is 1.88. The van der Waals surface area contributed by atoms with Crippen molar-refractivity contribution in [2.24, 2.45) is 7.05 Å². The molecule has 104 valence electrons. The number of hydrogen-bond acceptors (Lipinski definition) is 5. The van der Waals surface area contributed by atoms with E-state index in [1.54, 1.807) is 6.20 Å². The molecule has 1 aliphatic rings. The summed E-state index contributed by atoms with van der Waals surface area (Å²) >= 11 is 0. The summed E-state index contributed by atoms with van der Waals surface area (Å²) in [5.41, 5.74) is 4.46. The first-order chi connectivity index (χ1) is 10.3. The lowest BCUT2D eigenvalue weighted by Gasteiger charge is -2.16. The van der Waals surface area contributed by atoms with E-state index in [1.165, 1.54) is 5.56 Å². The third-order valence-corrected chi connectivity index (χ3v) is 3.67. The summed E-state index contributed by atoms with van der Waals surface area (Å²) in [5.74, 6) is 1.29. The van der Waals surface area contributed by atoms with Crippen molar-refractivity contribution in [3.05, 3.63) is 47.9 Å². The second-order valence-corrected chi connectivity index (χ2v) is 5.05. The van der Waals surface area contributed by atoms with Gasteiger partial charge in [0.1, 0.15) is 5.82 Å². The molecule has 0 aromatic carbocycles. The van der Waals surface area contributed by atoms with Crippen LogP contribution in [0.25, 0.3) is 11.4 Å². The Kier molecular flexibility index (Phi) is 2.67. The van der Waals surface area contributed by atoms with Gasteiger partial charge in [0.25, 0.3) is 0 Å². The van der Waals surface area contributed by atoms with Crippen molar-refractivity contribution in [2.75, 3.05) is 5.32 Å². The van der Waals surface area contributed by atoms with Crippen LogP contribution < -0.4 is 5.32 Å². The van der Waals surface area contributed by atoms with Crippen molar-refractivity contribution in [3.63, 3.8) is 0 Å². The van der Waals surface area contributed by atoms with Gasteiger partial charge in [0, 0.05) is 19.4 Å². The number of nitrogens with one attached hydrogen (secondary N) is 1. The van der Waals surface area contributed by atoms with Crippen molar-refractivity contribution in [1.29, 1.82) is 0 Å². The van der Waals surface area contributed by atoms with E-state index in [0.717, 1.165) is 35.6 Å². The maximum atomic E-state index is 4.66. The van der Waals surface area contributed by atoms with Crippen molar-refractivity contribution < 1.29 is 0 Å². The molecule has 3 aromatic rings. The molecule has 6 heteroatoms. The van der Waals surface area contributed by atoms with E-state index in [0.29, 0.717) is 5.95 Å². The molecule has 1 aliphatic carbocycles. The Morgan fingerprint density at radius 2 is 2.00 bits per heavy atom. The molecule has 0 aliphatic heterocycles. The molecule has 0 radical (unpaired) electrons. The first-order valence-corrected chi connectivity index (χ1v) is 6.86. The average Bonchev–Trinajstić information content (AvgIpc) is 2.90. The number of anilines is 2. The minimum Gasteiger partial charge on any atom is -0.309 e. The second kappa shape index (κ2) is 4.66. The lowest BCUT2D eigenvalue weighted by atomic mass is 9.95. The molecule has 0 amide bonds. The highest BCUT2D eigenvalue weighted by atomic mass is 15.3. The van der Waals surface area contributed by atoms with Crippen molar-refractivity contribution in [3.8, 4) is 11.4 Å². The fourth-order valence-electron chi connectivity index (χ4n) is 2.65. The predicted molar refractivity (Wildman–Crippen MR) is 79.2 cm³/mol. The fourth-order valence-corrected chi connectivity index (χ4v) is 2.65. The minimum atomic E-state index is 0.557. The van der Waals surface area contributed by atoms with Gasteiger partial charge in [-0.25, -0.2) is 15.0 Å². The zero-order valence-corrected chi connectivity index (χ0v) is 11.6. The third kappa shape index (κ3) is 2.05. The van der Waals surface area contributed by atoms with Gasteiger partial charge in [0.05, 0.1) is 17.6 Å². The van der Waals surface area contributed by atoms with Gasteiger partial charge in [-0.05, 0) is 36.1 Å². The number of aromatic nitrogens is 5. The van der Waals surface area contributed by atoms with Crippen LogP contribution in [0.2, 0.25) is 0 Å². The Hall–Kier alpha value is -2.76. The van der Waals surface area contributed by atoms with Crippen LogP contribution in [0.5, 0.6) is 0 Å². The van der Waals surface area contributed by atoms with E-state index in [4.69, 9.17) is 0 Å². The predicted octanol–water partition coefficient (Wildman–Crippen LogP) is 2.11. The molecular weight excluding hydrogens is 264 g/mol. The molecule has 0 unspecified atom stereocenters. The van der Waals surface area contributed by atoms with Gasteiger partial charge in [-0.1, -0.05) is 6.07 Å². The van der Waals surface area contributed by atoms with Crippen molar-refractivity contribution >= 4 is 11.8 Å². The Balaban J connectivity index is 1.76. The van der Waals surface area contributed by atoms with Gasteiger partial charge in [-0.3, -0.25) is 4.68 Å². The topological polar surface area (TPSA) is 68.5 Å². The molecule has 21 heavy (non-hydrogen) atoms. The maximum absolute atomic E-state index is 4.66. The highest BCUT2D eigenvalue weighted by Gasteiger charge is 2.22. The van der Waals surface area contributed by atoms with Crippen LogP contribution in [0, 0.1) is 0 Å². The Bertz CT molecular complexity index is 793. The Morgan fingerprint density at radius 1 is 1.10 bits per heavy atom.